The van der Waals surface area contributed by atoms with E-state index in [1.807, 2.05) is 24.3 Å². The van der Waals surface area contributed by atoms with Gasteiger partial charge in [-0.3, -0.25) is 0 Å². The number of rotatable bonds is 2. The van der Waals surface area contributed by atoms with E-state index in [-0.39, 0.29) is 6.61 Å². The Balaban J connectivity index is 2.41. The lowest BCUT2D eigenvalue weighted by atomic mass is 10.2. The molecule has 78 valence electrons. The van der Waals surface area contributed by atoms with Gasteiger partial charge in [0.2, 0.25) is 0 Å². The first-order chi connectivity index (χ1) is 7.20. The lowest BCUT2D eigenvalue weighted by Crippen LogP contribution is -1.75. The summed E-state index contributed by atoms with van der Waals surface area (Å²) < 4.78 is 1.02. The van der Waals surface area contributed by atoms with Gasteiger partial charge in [-0.05, 0) is 12.1 Å². The van der Waals surface area contributed by atoms with Crippen LogP contribution in [0.3, 0.4) is 0 Å². The Morgan fingerprint density at radius 3 is 2.53 bits per heavy atom. The number of thiazole rings is 1. The van der Waals surface area contributed by atoms with Crippen LogP contribution in [0.2, 0.25) is 5.15 Å². The highest BCUT2D eigenvalue weighted by Gasteiger charge is 2.09. The fourth-order valence-electron chi connectivity index (χ4n) is 1.15. The molecule has 5 heteroatoms. The SMILES string of the molecule is OCc1sc(-c2ccc(Br)cc2)nc1Cl. The van der Waals surface area contributed by atoms with Gasteiger partial charge in [0.1, 0.15) is 10.2 Å². The highest BCUT2D eigenvalue weighted by Crippen LogP contribution is 2.31. The summed E-state index contributed by atoms with van der Waals surface area (Å²) in [5, 5.41) is 10.2. The van der Waals surface area contributed by atoms with Gasteiger partial charge in [-0.25, -0.2) is 4.98 Å². The van der Waals surface area contributed by atoms with Gasteiger partial charge in [0.25, 0.3) is 0 Å². The van der Waals surface area contributed by atoms with Crippen molar-refractivity contribution in [3.63, 3.8) is 0 Å². The number of aromatic nitrogens is 1. The molecule has 0 saturated heterocycles. The summed E-state index contributed by atoms with van der Waals surface area (Å²) in [4.78, 5) is 4.89. The van der Waals surface area contributed by atoms with Crippen molar-refractivity contribution in [2.24, 2.45) is 0 Å². The Hall–Kier alpha value is -0.420. The summed E-state index contributed by atoms with van der Waals surface area (Å²) in [6, 6.07) is 7.81. The Morgan fingerprint density at radius 2 is 2.00 bits per heavy atom. The normalized spacial score (nSPS) is 10.6. The molecule has 15 heavy (non-hydrogen) atoms. The minimum atomic E-state index is -0.0625. The van der Waals surface area contributed by atoms with Crippen LogP contribution in [0.15, 0.2) is 28.7 Å². The van der Waals surface area contributed by atoms with Gasteiger partial charge < -0.3 is 5.11 Å². The average Bonchev–Trinajstić information content (AvgIpc) is 2.61. The zero-order chi connectivity index (χ0) is 10.8. The van der Waals surface area contributed by atoms with Gasteiger partial charge in [-0.15, -0.1) is 11.3 Å². The molecule has 2 aromatic rings. The molecular formula is C10H7BrClNOS. The lowest BCUT2D eigenvalue weighted by Gasteiger charge is -1.95. The van der Waals surface area contributed by atoms with Crippen LogP contribution in [0.5, 0.6) is 0 Å². The van der Waals surface area contributed by atoms with Gasteiger partial charge in [0, 0.05) is 10.0 Å². The molecule has 1 heterocycles. The van der Waals surface area contributed by atoms with E-state index in [0.717, 1.165) is 15.0 Å². The zero-order valence-electron chi connectivity index (χ0n) is 7.58. The highest BCUT2D eigenvalue weighted by atomic mass is 79.9. The molecule has 0 amide bonds. The maximum atomic E-state index is 9.00. The molecule has 0 saturated carbocycles. The molecule has 0 radical (unpaired) electrons. The standard InChI is InChI=1S/C10H7BrClNOS/c11-7-3-1-6(2-4-7)10-13-9(12)8(5-14)15-10/h1-4,14H,5H2. The molecule has 2 nitrogen and oxygen atoms in total. The molecule has 0 aliphatic rings. The van der Waals surface area contributed by atoms with Crippen LogP contribution >= 0.6 is 38.9 Å². The maximum Gasteiger partial charge on any atom is 0.146 e. The number of aliphatic hydroxyl groups excluding tert-OH is 1. The van der Waals surface area contributed by atoms with E-state index in [0.29, 0.717) is 10.0 Å². The second-order valence-electron chi connectivity index (χ2n) is 2.90. The van der Waals surface area contributed by atoms with Crippen LogP contribution < -0.4 is 0 Å². The summed E-state index contributed by atoms with van der Waals surface area (Å²) in [5.41, 5.74) is 1.00. The van der Waals surface area contributed by atoms with Gasteiger partial charge in [0.15, 0.2) is 0 Å². The smallest absolute Gasteiger partial charge is 0.146 e. The number of hydrogen-bond donors (Lipinski definition) is 1. The van der Waals surface area contributed by atoms with Crippen LogP contribution in [-0.2, 0) is 6.61 Å². The Bertz CT molecular complexity index is 469. The monoisotopic (exact) mass is 303 g/mol. The fraction of sp³-hybridized carbons (Fsp3) is 0.100. The number of halogens is 2. The van der Waals surface area contributed by atoms with Crippen molar-refractivity contribution >= 4 is 38.9 Å². The van der Waals surface area contributed by atoms with E-state index in [1.165, 1.54) is 11.3 Å². The van der Waals surface area contributed by atoms with Crippen molar-refractivity contribution in [1.29, 1.82) is 0 Å². The predicted octanol–water partition coefficient (Wildman–Crippen LogP) is 3.72. The van der Waals surface area contributed by atoms with E-state index < -0.39 is 0 Å². The van der Waals surface area contributed by atoms with Gasteiger partial charge in [0.05, 0.1) is 11.5 Å². The van der Waals surface area contributed by atoms with Crippen LogP contribution in [0.1, 0.15) is 4.88 Å². The summed E-state index contributed by atoms with van der Waals surface area (Å²) in [7, 11) is 0. The van der Waals surface area contributed by atoms with Crippen LogP contribution in [0.4, 0.5) is 0 Å². The first-order valence-corrected chi connectivity index (χ1v) is 6.21. The summed E-state index contributed by atoms with van der Waals surface area (Å²) in [5.74, 6) is 0. The Labute approximate surface area is 105 Å². The Kier molecular flexibility index (Phi) is 3.41. The third-order valence-electron chi connectivity index (χ3n) is 1.88. The highest BCUT2D eigenvalue weighted by molar-refractivity contribution is 9.10. The Morgan fingerprint density at radius 1 is 1.33 bits per heavy atom. The predicted molar refractivity (Wildman–Crippen MR) is 66.2 cm³/mol. The molecule has 1 aromatic carbocycles. The first kappa shape index (κ1) is 11.1. The number of aliphatic hydroxyl groups is 1. The molecule has 0 fully saturated rings. The molecule has 0 aliphatic carbocycles. The lowest BCUT2D eigenvalue weighted by molar-refractivity contribution is 0.285. The molecule has 0 unspecified atom stereocenters. The van der Waals surface area contributed by atoms with E-state index in [2.05, 4.69) is 20.9 Å². The van der Waals surface area contributed by atoms with Gasteiger partial charge in [-0.2, -0.15) is 0 Å². The number of hydrogen-bond acceptors (Lipinski definition) is 3. The molecule has 0 atom stereocenters. The van der Waals surface area contributed by atoms with Crippen molar-refractivity contribution in [3.05, 3.63) is 38.8 Å². The molecule has 2 rings (SSSR count). The molecule has 0 bridgehead atoms. The van der Waals surface area contributed by atoms with Gasteiger partial charge in [-0.1, -0.05) is 39.7 Å². The fourth-order valence-corrected chi connectivity index (χ4v) is 2.54. The first-order valence-electron chi connectivity index (χ1n) is 4.22. The van der Waals surface area contributed by atoms with Crippen molar-refractivity contribution in [2.75, 3.05) is 0 Å². The van der Waals surface area contributed by atoms with Crippen molar-refractivity contribution in [1.82, 2.24) is 4.98 Å². The quantitative estimate of drug-likeness (QED) is 0.917. The molecule has 1 aromatic heterocycles. The summed E-state index contributed by atoms with van der Waals surface area (Å²) in [6.45, 7) is -0.0625. The molecule has 0 aliphatic heterocycles. The van der Waals surface area contributed by atoms with Crippen molar-refractivity contribution in [2.45, 2.75) is 6.61 Å². The maximum absolute atomic E-state index is 9.00. The van der Waals surface area contributed by atoms with Crippen molar-refractivity contribution in [3.8, 4) is 10.6 Å². The number of nitrogens with zero attached hydrogens (tertiary/aromatic N) is 1. The summed E-state index contributed by atoms with van der Waals surface area (Å²) >= 11 is 10.6. The van der Waals surface area contributed by atoms with Crippen molar-refractivity contribution < 1.29 is 5.11 Å². The molecule has 0 spiro atoms. The topological polar surface area (TPSA) is 33.1 Å². The minimum absolute atomic E-state index is 0.0625. The second-order valence-corrected chi connectivity index (χ2v) is 5.26. The van der Waals surface area contributed by atoms with Crippen LogP contribution in [0, 0.1) is 0 Å². The molecule has 1 N–H and O–H groups in total. The van der Waals surface area contributed by atoms with E-state index in [1.54, 1.807) is 0 Å². The van der Waals surface area contributed by atoms with E-state index >= 15 is 0 Å². The molecular weight excluding hydrogens is 298 g/mol. The minimum Gasteiger partial charge on any atom is -0.391 e. The third-order valence-corrected chi connectivity index (χ3v) is 3.93. The third kappa shape index (κ3) is 2.39. The zero-order valence-corrected chi connectivity index (χ0v) is 10.7. The second kappa shape index (κ2) is 4.61. The summed E-state index contributed by atoms with van der Waals surface area (Å²) in [6.07, 6.45) is 0. The van der Waals surface area contributed by atoms with E-state index in [4.69, 9.17) is 16.7 Å². The number of benzene rings is 1. The van der Waals surface area contributed by atoms with E-state index in [9.17, 15) is 0 Å². The average molecular weight is 305 g/mol. The largest absolute Gasteiger partial charge is 0.391 e. The van der Waals surface area contributed by atoms with Gasteiger partial charge >= 0.3 is 0 Å². The van der Waals surface area contributed by atoms with Crippen LogP contribution in [-0.4, -0.2) is 10.1 Å². The van der Waals surface area contributed by atoms with Crippen LogP contribution in [0.25, 0.3) is 10.6 Å².